The Bertz CT molecular complexity index is 504. The molecule has 1 aromatic carbocycles. The Morgan fingerprint density at radius 2 is 2.05 bits per heavy atom. The Balaban J connectivity index is 1.77. The van der Waals surface area contributed by atoms with Gasteiger partial charge >= 0.3 is 0 Å². The molecular formula is C15H19Cl2NO2S. The van der Waals surface area contributed by atoms with Crippen LogP contribution in [0.15, 0.2) is 18.2 Å². The van der Waals surface area contributed by atoms with Gasteiger partial charge in [-0.25, -0.2) is 0 Å². The summed E-state index contributed by atoms with van der Waals surface area (Å²) >= 11 is 13.8. The lowest BCUT2D eigenvalue weighted by Gasteiger charge is -2.31. The van der Waals surface area contributed by atoms with Crippen LogP contribution in [-0.2, 0) is 11.2 Å². The number of carbonyl (C=O) groups is 1. The van der Waals surface area contributed by atoms with Crippen LogP contribution >= 0.6 is 35.0 Å². The maximum atomic E-state index is 11.9. The molecule has 1 aliphatic rings. The second-order valence-corrected chi connectivity index (χ2v) is 7.42. The molecule has 6 heteroatoms. The molecule has 1 aliphatic heterocycles. The minimum absolute atomic E-state index is 0.0623. The predicted molar refractivity (Wildman–Crippen MR) is 89.3 cm³/mol. The summed E-state index contributed by atoms with van der Waals surface area (Å²) in [4.78, 5) is 11.9. The van der Waals surface area contributed by atoms with E-state index in [0.29, 0.717) is 29.4 Å². The van der Waals surface area contributed by atoms with Gasteiger partial charge in [-0.05, 0) is 48.5 Å². The standard InChI is InChI=1S/C15H19Cl2NO2S/c16-12-3-1-11(13(17)9-12)2-4-14(19)18-10-15(20)5-7-21-8-6-15/h1,3,9,20H,2,4-8,10H2,(H,18,19). The maximum absolute atomic E-state index is 11.9. The first-order valence-electron chi connectivity index (χ1n) is 6.99. The number of carbonyl (C=O) groups excluding carboxylic acids is 1. The Morgan fingerprint density at radius 3 is 2.71 bits per heavy atom. The lowest BCUT2D eigenvalue weighted by molar-refractivity contribution is -0.122. The first kappa shape index (κ1) is 16.9. The highest BCUT2D eigenvalue weighted by Gasteiger charge is 2.29. The summed E-state index contributed by atoms with van der Waals surface area (Å²) in [5.74, 6) is 1.84. The Hall–Kier alpha value is -0.420. The molecule has 0 aromatic heterocycles. The molecule has 3 nitrogen and oxygen atoms in total. The van der Waals surface area contributed by atoms with E-state index in [2.05, 4.69) is 5.32 Å². The predicted octanol–water partition coefficient (Wildman–Crippen LogP) is 3.30. The number of thioether (sulfide) groups is 1. The van der Waals surface area contributed by atoms with Gasteiger partial charge in [-0.2, -0.15) is 11.8 Å². The molecule has 1 fully saturated rings. The second kappa shape index (κ2) is 7.73. The highest BCUT2D eigenvalue weighted by molar-refractivity contribution is 7.99. The first-order valence-corrected chi connectivity index (χ1v) is 8.90. The monoisotopic (exact) mass is 347 g/mol. The fourth-order valence-corrected chi connectivity index (χ4v) is 4.01. The number of benzene rings is 1. The maximum Gasteiger partial charge on any atom is 0.220 e. The van der Waals surface area contributed by atoms with Crippen LogP contribution in [0.3, 0.4) is 0 Å². The highest BCUT2D eigenvalue weighted by Crippen LogP contribution is 2.26. The Morgan fingerprint density at radius 1 is 1.33 bits per heavy atom. The first-order chi connectivity index (χ1) is 9.98. The molecule has 0 aliphatic carbocycles. The summed E-state index contributed by atoms with van der Waals surface area (Å²) in [5, 5.41) is 14.3. The minimum Gasteiger partial charge on any atom is -0.388 e. The van der Waals surface area contributed by atoms with Crippen molar-refractivity contribution < 1.29 is 9.90 Å². The van der Waals surface area contributed by atoms with Gasteiger partial charge in [-0.3, -0.25) is 4.79 Å². The van der Waals surface area contributed by atoms with E-state index in [9.17, 15) is 9.90 Å². The van der Waals surface area contributed by atoms with Crippen molar-refractivity contribution >= 4 is 40.9 Å². The lowest BCUT2D eigenvalue weighted by Crippen LogP contribution is -2.45. The summed E-state index contributed by atoms with van der Waals surface area (Å²) in [6.07, 6.45) is 2.39. The van der Waals surface area contributed by atoms with Crippen LogP contribution in [0.1, 0.15) is 24.8 Å². The van der Waals surface area contributed by atoms with E-state index in [-0.39, 0.29) is 5.91 Å². The number of aliphatic hydroxyl groups is 1. The van der Waals surface area contributed by atoms with E-state index in [1.54, 1.807) is 12.1 Å². The van der Waals surface area contributed by atoms with Gasteiger partial charge in [0, 0.05) is 23.0 Å². The summed E-state index contributed by atoms with van der Waals surface area (Å²) in [5.41, 5.74) is 0.169. The third-order valence-electron chi connectivity index (χ3n) is 3.67. The van der Waals surface area contributed by atoms with E-state index >= 15 is 0 Å². The highest BCUT2D eigenvalue weighted by atomic mass is 35.5. The number of aryl methyl sites for hydroxylation is 1. The van der Waals surface area contributed by atoms with Crippen molar-refractivity contribution in [2.75, 3.05) is 18.1 Å². The van der Waals surface area contributed by atoms with Gasteiger partial charge in [0.1, 0.15) is 0 Å². The number of hydrogen-bond donors (Lipinski definition) is 2. The molecule has 0 atom stereocenters. The third-order valence-corrected chi connectivity index (χ3v) is 5.25. The molecule has 1 heterocycles. The molecule has 1 amide bonds. The zero-order valence-electron chi connectivity index (χ0n) is 11.7. The van der Waals surface area contributed by atoms with Crippen molar-refractivity contribution in [3.8, 4) is 0 Å². The molecule has 2 rings (SSSR count). The number of hydrogen-bond acceptors (Lipinski definition) is 3. The van der Waals surface area contributed by atoms with Gasteiger partial charge in [0.15, 0.2) is 0 Å². The zero-order chi connectivity index (χ0) is 15.3. The van der Waals surface area contributed by atoms with Crippen molar-refractivity contribution in [1.82, 2.24) is 5.32 Å². The van der Waals surface area contributed by atoms with Gasteiger partial charge < -0.3 is 10.4 Å². The van der Waals surface area contributed by atoms with Crippen molar-refractivity contribution in [3.63, 3.8) is 0 Å². The van der Waals surface area contributed by atoms with Gasteiger partial charge in [0.05, 0.1) is 5.60 Å². The van der Waals surface area contributed by atoms with Crippen molar-refractivity contribution in [3.05, 3.63) is 33.8 Å². The molecule has 0 bridgehead atoms. The molecule has 116 valence electrons. The average molecular weight is 348 g/mol. The molecule has 0 saturated carbocycles. The van der Waals surface area contributed by atoms with Crippen LogP contribution < -0.4 is 5.32 Å². The molecule has 0 unspecified atom stereocenters. The van der Waals surface area contributed by atoms with Crippen molar-refractivity contribution in [1.29, 1.82) is 0 Å². The molecule has 2 N–H and O–H groups in total. The normalized spacial score (nSPS) is 17.5. The Kier molecular flexibility index (Phi) is 6.23. The zero-order valence-corrected chi connectivity index (χ0v) is 14.0. The average Bonchev–Trinajstić information content (AvgIpc) is 2.45. The number of halogens is 2. The second-order valence-electron chi connectivity index (χ2n) is 5.35. The van der Waals surface area contributed by atoms with Crippen molar-refractivity contribution in [2.45, 2.75) is 31.3 Å². The Labute approximate surface area is 139 Å². The quantitative estimate of drug-likeness (QED) is 0.858. The minimum atomic E-state index is -0.737. The summed E-state index contributed by atoms with van der Waals surface area (Å²) in [7, 11) is 0. The summed E-state index contributed by atoms with van der Waals surface area (Å²) < 4.78 is 0. The van der Waals surface area contributed by atoms with Gasteiger partial charge in [-0.1, -0.05) is 29.3 Å². The van der Waals surface area contributed by atoms with Crippen LogP contribution in [0.2, 0.25) is 10.0 Å². The molecule has 0 radical (unpaired) electrons. The van der Waals surface area contributed by atoms with Crippen LogP contribution in [0.25, 0.3) is 0 Å². The number of nitrogens with one attached hydrogen (secondary N) is 1. The van der Waals surface area contributed by atoms with Crippen LogP contribution in [0, 0.1) is 0 Å². The van der Waals surface area contributed by atoms with Crippen LogP contribution in [0.4, 0.5) is 0 Å². The van der Waals surface area contributed by atoms with Crippen LogP contribution in [0.5, 0.6) is 0 Å². The number of amides is 1. The van der Waals surface area contributed by atoms with E-state index < -0.39 is 5.60 Å². The van der Waals surface area contributed by atoms with Gasteiger partial charge in [-0.15, -0.1) is 0 Å². The third kappa shape index (κ3) is 5.37. The molecule has 21 heavy (non-hydrogen) atoms. The van der Waals surface area contributed by atoms with E-state index in [1.807, 2.05) is 17.8 Å². The van der Waals surface area contributed by atoms with E-state index in [1.165, 1.54) is 0 Å². The summed E-state index contributed by atoms with van der Waals surface area (Å²) in [6.45, 7) is 0.334. The van der Waals surface area contributed by atoms with Gasteiger partial charge in [0.2, 0.25) is 5.91 Å². The molecular weight excluding hydrogens is 329 g/mol. The van der Waals surface area contributed by atoms with E-state index in [4.69, 9.17) is 23.2 Å². The number of rotatable bonds is 5. The topological polar surface area (TPSA) is 49.3 Å². The fraction of sp³-hybridized carbons (Fsp3) is 0.533. The lowest BCUT2D eigenvalue weighted by atomic mass is 9.97. The largest absolute Gasteiger partial charge is 0.388 e. The summed E-state index contributed by atoms with van der Waals surface area (Å²) in [6, 6.07) is 5.28. The molecule has 1 saturated heterocycles. The van der Waals surface area contributed by atoms with Crippen molar-refractivity contribution in [2.24, 2.45) is 0 Å². The van der Waals surface area contributed by atoms with E-state index in [0.717, 1.165) is 29.9 Å². The van der Waals surface area contributed by atoms with Crippen LogP contribution in [-0.4, -0.2) is 34.7 Å². The molecule has 1 aromatic rings. The SMILES string of the molecule is O=C(CCc1ccc(Cl)cc1Cl)NCC1(O)CCSCC1. The van der Waals surface area contributed by atoms with Gasteiger partial charge in [0.25, 0.3) is 0 Å². The molecule has 0 spiro atoms. The smallest absolute Gasteiger partial charge is 0.220 e. The fourth-order valence-electron chi connectivity index (χ4n) is 2.25.